The third kappa shape index (κ3) is 6.90. The standard InChI is InChI=1S/C42H50N8O6/c1-23(45-41(53)55-3)39(51)49-19-5-7-33(49)37-43-21-31(47-37)26-11-9-25(10-12-26)29-17-18-30(36-28-15-13-27(14-16-28)35(29)36)32-22-44-38(48-32)34-8-6-20-50(34)40(52)24(2)46-42(54)56-4/h9-12,17-18,21-24,27-28,33-34H,5-8,13-16,19-20H2,1-4H3,(H,43,47)(H,44,48)(H,45,53)(H,46,54). The van der Waals surface area contributed by atoms with Gasteiger partial charge in [-0.2, -0.15) is 0 Å². The van der Waals surface area contributed by atoms with E-state index in [-0.39, 0.29) is 23.9 Å². The van der Waals surface area contributed by atoms with E-state index in [1.54, 1.807) is 18.7 Å². The third-order valence-electron chi connectivity index (χ3n) is 12.3. The summed E-state index contributed by atoms with van der Waals surface area (Å²) in [4.78, 5) is 70.3. The fourth-order valence-electron chi connectivity index (χ4n) is 9.52. The molecule has 2 aromatic heterocycles. The number of nitrogens with one attached hydrogen (secondary N) is 4. The van der Waals surface area contributed by atoms with Crippen LogP contribution in [-0.4, -0.2) is 93.1 Å². The van der Waals surface area contributed by atoms with E-state index in [1.807, 2.05) is 17.3 Å². The zero-order valence-electron chi connectivity index (χ0n) is 32.4. The molecule has 56 heavy (non-hydrogen) atoms. The molecule has 14 heteroatoms. The van der Waals surface area contributed by atoms with E-state index in [0.717, 1.165) is 54.3 Å². The lowest BCUT2D eigenvalue weighted by Crippen LogP contribution is -2.46. The van der Waals surface area contributed by atoms with Crippen LogP contribution in [0.2, 0.25) is 0 Å². The van der Waals surface area contributed by atoms with Crippen molar-refractivity contribution in [2.24, 2.45) is 0 Å². The Hall–Kier alpha value is -5.66. The number of rotatable bonds is 9. The second-order valence-electron chi connectivity index (χ2n) is 15.6. The highest BCUT2D eigenvalue weighted by molar-refractivity contribution is 5.87. The molecule has 4 heterocycles. The normalized spacial score (nSPS) is 22.4. The molecular formula is C42H50N8O6. The number of aromatic amines is 2. The first-order valence-corrected chi connectivity index (χ1v) is 19.8. The Labute approximate surface area is 326 Å². The van der Waals surface area contributed by atoms with Gasteiger partial charge in [-0.3, -0.25) is 9.59 Å². The smallest absolute Gasteiger partial charge is 0.407 e. The molecule has 1 saturated carbocycles. The van der Waals surface area contributed by atoms with Crippen molar-refractivity contribution < 1.29 is 28.7 Å². The highest BCUT2D eigenvalue weighted by Crippen LogP contribution is 2.55. The molecular weight excluding hydrogens is 713 g/mol. The number of hydrogen-bond acceptors (Lipinski definition) is 8. The molecule has 2 saturated heterocycles. The number of carbonyl (C=O) groups is 4. The number of imidazole rings is 2. The van der Waals surface area contributed by atoms with Crippen LogP contribution in [0.5, 0.6) is 0 Å². The molecule has 294 valence electrons. The van der Waals surface area contributed by atoms with Crippen LogP contribution in [0.4, 0.5) is 9.59 Å². The summed E-state index contributed by atoms with van der Waals surface area (Å²) in [6.45, 7) is 4.56. The van der Waals surface area contributed by atoms with E-state index < -0.39 is 24.3 Å². The zero-order chi connectivity index (χ0) is 39.1. The average Bonchev–Trinajstić information content (AvgIpc) is 4.07. The van der Waals surface area contributed by atoms with Crippen molar-refractivity contribution in [1.29, 1.82) is 0 Å². The van der Waals surface area contributed by atoms with Gasteiger partial charge in [0.2, 0.25) is 11.8 Å². The van der Waals surface area contributed by atoms with Gasteiger partial charge >= 0.3 is 12.2 Å². The van der Waals surface area contributed by atoms with Gasteiger partial charge in [-0.1, -0.05) is 36.4 Å². The van der Waals surface area contributed by atoms with Gasteiger partial charge in [0.1, 0.15) is 23.7 Å². The summed E-state index contributed by atoms with van der Waals surface area (Å²) < 4.78 is 9.38. The summed E-state index contributed by atoms with van der Waals surface area (Å²) in [5.74, 6) is 2.17. The molecule has 3 fully saturated rings. The lowest BCUT2D eigenvalue weighted by atomic mass is 9.64. The molecule has 9 rings (SSSR count). The predicted molar refractivity (Wildman–Crippen MR) is 208 cm³/mol. The van der Waals surface area contributed by atoms with Crippen LogP contribution in [-0.2, 0) is 19.1 Å². The topological polar surface area (TPSA) is 175 Å². The maximum atomic E-state index is 13.3. The second kappa shape index (κ2) is 15.5. The molecule has 2 aromatic carbocycles. The van der Waals surface area contributed by atoms with Crippen LogP contribution >= 0.6 is 0 Å². The highest BCUT2D eigenvalue weighted by Gasteiger charge is 2.39. The van der Waals surface area contributed by atoms with Crippen LogP contribution in [0.1, 0.15) is 112 Å². The van der Waals surface area contributed by atoms with Crippen molar-refractivity contribution in [3.05, 3.63) is 71.6 Å². The fourth-order valence-corrected chi connectivity index (χ4v) is 9.52. The number of H-pyrrole nitrogens is 2. The number of alkyl carbamates (subject to hydrolysis) is 2. The lowest BCUT2D eigenvalue weighted by Gasteiger charge is -2.41. The van der Waals surface area contributed by atoms with E-state index in [1.165, 1.54) is 67.7 Å². The van der Waals surface area contributed by atoms with Gasteiger partial charge in [-0.25, -0.2) is 19.6 Å². The number of aromatic nitrogens is 4. The molecule has 2 aliphatic heterocycles. The maximum absolute atomic E-state index is 13.3. The van der Waals surface area contributed by atoms with Crippen molar-refractivity contribution in [2.75, 3.05) is 27.3 Å². The second-order valence-corrected chi connectivity index (χ2v) is 15.6. The number of nitrogens with zero attached hydrogens (tertiary/aromatic N) is 4. The number of fused-ring (bicyclic) bond motifs is 2. The molecule has 14 nitrogen and oxygen atoms in total. The van der Waals surface area contributed by atoms with Gasteiger partial charge in [0.15, 0.2) is 0 Å². The van der Waals surface area contributed by atoms with E-state index in [9.17, 15) is 19.2 Å². The molecule has 4 aromatic rings. The lowest BCUT2D eigenvalue weighted by molar-refractivity contribution is -0.134. The molecule has 4 amide bonds. The van der Waals surface area contributed by atoms with Gasteiger partial charge in [-0.05, 0) is 105 Å². The minimum absolute atomic E-state index is 0.151. The summed E-state index contributed by atoms with van der Waals surface area (Å²) in [6, 6.07) is 11.3. The minimum Gasteiger partial charge on any atom is -0.453 e. The van der Waals surface area contributed by atoms with E-state index in [2.05, 4.69) is 61.7 Å². The van der Waals surface area contributed by atoms with Crippen LogP contribution in [0.15, 0.2) is 48.8 Å². The largest absolute Gasteiger partial charge is 0.453 e. The van der Waals surface area contributed by atoms with Crippen molar-refractivity contribution in [2.45, 2.75) is 101 Å². The monoisotopic (exact) mass is 762 g/mol. The van der Waals surface area contributed by atoms with E-state index >= 15 is 0 Å². The summed E-state index contributed by atoms with van der Waals surface area (Å²) in [5.41, 5.74) is 9.35. The Balaban J connectivity index is 1.02. The predicted octanol–water partition coefficient (Wildman–Crippen LogP) is 6.70. The van der Waals surface area contributed by atoms with Crippen LogP contribution < -0.4 is 10.6 Å². The maximum Gasteiger partial charge on any atom is 0.407 e. The first kappa shape index (κ1) is 37.3. The third-order valence-corrected chi connectivity index (χ3v) is 12.3. The number of hydrogen-bond donors (Lipinski definition) is 4. The first-order chi connectivity index (χ1) is 27.1. The van der Waals surface area contributed by atoms with Crippen molar-refractivity contribution in [3.8, 4) is 33.6 Å². The number of amides is 4. The molecule has 4 unspecified atom stereocenters. The molecule has 4 N–H and O–H groups in total. The average molecular weight is 763 g/mol. The summed E-state index contributed by atoms with van der Waals surface area (Å²) >= 11 is 0. The Bertz CT molecular complexity index is 2120. The Morgan fingerprint density at radius 2 is 1.09 bits per heavy atom. The quantitative estimate of drug-likeness (QED) is 0.146. The van der Waals surface area contributed by atoms with Crippen LogP contribution in [0.3, 0.4) is 0 Å². The highest BCUT2D eigenvalue weighted by atomic mass is 16.5. The van der Waals surface area contributed by atoms with Crippen LogP contribution in [0.25, 0.3) is 33.6 Å². The van der Waals surface area contributed by atoms with Crippen molar-refractivity contribution in [3.63, 3.8) is 0 Å². The van der Waals surface area contributed by atoms with Gasteiger partial charge in [0.25, 0.3) is 0 Å². The van der Waals surface area contributed by atoms with Gasteiger partial charge in [-0.15, -0.1) is 0 Å². The van der Waals surface area contributed by atoms with Crippen LogP contribution in [0, 0.1) is 0 Å². The summed E-state index contributed by atoms with van der Waals surface area (Å²) in [5, 5.41) is 5.18. The van der Waals surface area contributed by atoms with E-state index in [4.69, 9.17) is 14.7 Å². The molecule has 0 spiro atoms. The zero-order valence-corrected chi connectivity index (χ0v) is 32.4. The summed E-state index contributed by atoms with van der Waals surface area (Å²) in [6.07, 6.45) is 10.5. The molecule has 3 aliphatic carbocycles. The number of methoxy groups -OCH3 is 2. The van der Waals surface area contributed by atoms with Gasteiger partial charge < -0.3 is 39.9 Å². The molecule has 4 atom stereocenters. The molecule has 2 bridgehead atoms. The summed E-state index contributed by atoms with van der Waals surface area (Å²) in [7, 11) is 2.57. The van der Waals surface area contributed by atoms with Gasteiger partial charge in [0, 0.05) is 18.7 Å². The first-order valence-electron chi connectivity index (χ1n) is 19.8. The SMILES string of the molecule is COC(=O)NC(C)C(=O)N1CCCC1c1ncc(-c2ccc(-c3ccc(-c4cnc(C5CCCN5C(=O)C(C)NC(=O)OC)[nH]4)c4c3C3CCC4CC3)cc2)[nH]1. The number of benzene rings is 2. The Morgan fingerprint density at radius 3 is 1.61 bits per heavy atom. The number of carbonyl (C=O) groups excluding carboxylic acids is 4. The molecule has 0 radical (unpaired) electrons. The number of ether oxygens (including phenoxy) is 2. The van der Waals surface area contributed by atoms with Crippen molar-refractivity contribution in [1.82, 2.24) is 40.4 Å². The van der Waals surface area contributed by atoms with Gasteiger partial charge in [0.05, 0.1) is 50.1 Å². The fraction of sp³-hybridized carbons (Fsp3) is 0.476. The Morgan fingerprint density at radius 1 is 0.643 bits per heavy atom. The van der Waals surface area contributed by atoms with Crippen molar-refractivity contribution >= 4 is 24.0 Å². The number of likely N-dealkylation sites (tertiary alicyclic amines) is 2. The van der Waals surface area contributed by atoms with E-state index in [0.29, 0.717) is 24.9 Å². The minimum atomic E-state index is -0.704. The molecule has 5 aliphatic rings. The Kier molecular flexibility index (Phi) is 10.3.